The van der Waals surface area contributed by atoms with Gasteiger partial charge in [0.05, 0.1) is 21.3 Å². The molecule has 30 heavy (non-hydrogen) atoms. The highest BCUT2D eigenvalue weighted by Gasteiger charge is 2.14. The normalized spacial score (nSPS) is 10.6. The van der Waals surface area contributed by atoms with Crippen molar-refractivity contribution in [2.45, 2.75) is 6.42 Å². The number of rotatable bonds is 8. The summed E-state index contributed by atoms with van der Waals surface area (Å²) in [6, 6.07) is 15.3. The molecule has 3 aromatic rings. The predicted molar refractivity (Wildman–Crippen MR) is 117 cm³/mol. The zero-order valence-electron chi connectivity index (χ0n) is 17.2. The van der Waals surface area contributed by atoms with Crippen molar-refractivity contribution in [2.24, 2.45) is 0 Å². The summed E-state index contributed by atoms with van der Waals surface area (Å²) < 4.78 is 16.1. The molecule has 1 amide bonds. The summed E-state index contributed by atoms with van der Waals surface area (Å²) >= 11 is 0. The highest BCUT2D eigenvalue weighted by Crippen LogP contribution is 2.40. The molecule has 0 atom stereocenters. The number of ether oxygens (including phenoxy) is 3. The molecule has 0 saturated carbocycles. The molecule has 1 aromatic heterocycles. The van der Waals surface area contributed by atoms with Gasteiger partial charge in [0.2, 0.25) is 11.7 Å². The smallest absolute Gasteiger partial charge is 0.248 e. The van der Waals surface area contributed by atoms with Crippen molar-refractivity contribution in [3.63, 3.8) is 0 Å². The highest BCUT2D eigenvalue weighted by molar-refractivity contribution is 6.02. The Balaban J connectivity index is 1.66. The summed E-state index contributed by atoms with van der Waals surface area (Å²) in [5.41, 5.74) is 3.78. The topological polar surface area (TPSA) is 69.7 Å². The van der Waals surface area contributed by atoms with Crippen LogP contribution in [-0.2, 0) is 11.2 Å². The van der Waals surface area contributed by atoms with Gasteiger partial charge in [-0.25, -0.2) is 0 Å². The van der Waals surface area contributed by atoms with Crippen molar-refractivity contribution in [1.29, 1.82) is 0 Å². The van der Waals surface area contributed by atoms with E-state index < -0.39 is 0 Å². The molecule has 0 saturated heterocycles. The molecule has 3 rings (SSSR count). The predicted octanol–water partition coefficient (Wildman–Crippen LogP) is 4.35. The molecule has 154 valence electrons. The Labute approximate surface area is 176 Å². The van der Waals surface area contributed by atoms with E-state index in [1.165, 1.54) is 11.6 Å². The average molecular weight is 404 g/mol. The second kappa shape index (κ2) is 10.1. The van der Waals surface area contributed by atoms with Gasteiger partial charge in [0, 0.05) is 29.7 Å². The van der Waals surface area contributed by atoms with E-state index in [1.807, 2.05) is 36.4 Å². The van der Waals surface area contributed by atoms with Crippen molar-refractivity contribution in [1.82, 2.24) is 4.98 Å². The number of nitrogens with zero attached hydrogens (tertiary/aromatic N) is 1. The molecule has 6 nitrogen and oxygen atoms in total. The number of carbonyl (C=O) groups excluding carboxylic acids is 1. The van der Waals surface area contributed by atoms with Gasteiger partial charge < -0.3 is 19.5 Å². The molecule has 6 heteroatoms. The average Bonchev–Trinajstić information content (AvgIpc) is 2.78. The third-order valence-corrected chi connectivity index (χ3v) is 4.53. The number of hydrogen-bond acceptors (Lipinski definition) is 5. The lowest BCUT2D eigenvalue weighted by Gasteiger charge is -2.14. The monoisotopic (exact) mass is 404 g/mol. The summed E-state index contributed by atoms with van der Waals surface area (Å²) in [4.78, 5) is 16.4. The van der Waals surface area contributed by atoms with E-state index in [0.717, 1.165) is 17.7 Å². The van der Waals surface area contributed by atoms with Gasteiger partial charge in [0.1, 0.15) is 0 Å². The maximum atomic E-state index is 12.3. The van der Waals surface area contributed by atoms with Crippen LogP contribution in [0.3, 0.4) is 0 Å². The number of benzene rings is 2. The first kappa shape index (κ1) is 20.9. The van der Waals surface area contributed by atoms with Crippen LogP contribution in [0.15, 0.2) is 67.0 Å². The SMILES string of the molecule is COc1ccc(/C=C/C(=O)Nc2ccc(Cc3ccncc3)cc2)c(OC)c1OC. The fraction of sp³-hybridized carbons (Fsp3) is 0.167. The Bertz CT molecular complexity index is 1020. The van der Waals surface area contributed by atoms with E-state index in [0.29, 0.717) is 22.8 Å². The van der Waals surface area contributed by atoms with Crippen LogP contribution in [0.1, 0.15) is 16.7 Å². The third-order valence-electron chi connectivity index (χ3n) is 4.53. The third kappa shape index (κ3) is 5.17. The van der Waals surface area contributed by atoms with E-state index in [9.17, 15) is 4.79 Å². The Morgan fingerprint density at radius 2 is 1.53 bits per heavy atom. The minimum Gasteiger partial charge on any atom is -0.493 e. The molecule has 0 bridgehead atoms. The molecular formula is C24H24N2O4. The van der Waals surface area contributed by atoms with E-state index in [1.54, 1.807) is 51.9 Å². The summed E-state index contributed by atoms with van der Waals surface area (Å²) in [6.07, 6.45) is 7.51. The van der Waals surface area contributed by atoms with Crippen LogP contribution < -0.4 is 19.5 Å². The van der Waals surface area contributed by atoms with Crippen molar-refractivity contribution < 1.29 is 19.0 Å². The van der Waals surface area contributed by atoms with Gasteiger partial charge in [-0.15, -0.1) is 0 Å². The van der Waals surface area contributed by atoms with Crippen LogP contribution in [0.4, 0.5) is 5.69 Å². The molecule has 0 unspecified atom stereocenters. The van der Waals surface area contributed by atoms with Gasteiger partial charge in [0.15, 0.2) is 11.5 Å². The Hall–Kier alpha value is -3.80. The molecule has 0 aliphatic rings. The fourth-order valence-corrected chi connectivity index (χ4v) is 3.05. The molecule has 2 aromatic carbocycles. The van der Waals surface area contributed by atoms with Gasteiger partial charge in [-0.3, -0.25) is 9.78 Å². The van der Waals surface area contributed by atoms with Crippen molar-refractivity contribution in [2.75, 3.05) is 26.6 Å². The van der Waals surface area contributed by atoms with Gasteiger partial charge in [-0.05, 0) is 60.0 Å². The number of pyridine rings is 1. The van der Waals surface area contributed by atoms with Gasteiger partial charge in [-0.2, -0.15) is 0 Å². The van der Waals surface area contributed by atoms with E-state index >= 15 is 0 Å². The van der Waals surface area contributed by atoms with E-state index in [4.69, 9.17) is 14.2 Å². The van der Waals surface area contributed by atoms with Crippen LogP contribution in [0.5, 0.6) is 17.2 Å². The number of carbonyl (C=O) groups is 1. The first-order valence-corrected chi connectivity index (χ1v) is 9.40. The Morgan fingerprint density at radius 1 is 0.867 bits per heavy atom. The zero-order chi connectivity index (χ0) is 21.3. The summed E-state index contributed by atoms with van der Waals surface area (Å²) in [6.45, 7) is 0. The molecule has 1 heterocycles. The van der Waals surface area contributed by atoms with E-state index in [-0.39, 0.29) is 5.91 Å². The largest absolute Gasteiger partial charge is 0.493 e. The van der Waals surface area contributed by atoms with Crippen LogP contribution in [-0.4, -0.2) is 32.2 Å². The number of hydrogen-bond donors (Lipinski definition) is 1. The number of anilines is 1. The maximum absolute atomic E-state index is 12.3. The van der Waals surface area contributed by atoms with Crippen LogP contribution >= 0.6 is 0 Å². The second-order valence-electron chi connectivity index (χ2n) is 6.48. The molecule has 0 radical (unpaired) electrons. The lowest BCUT2D eigenvalue weighted by Crippen LogP contribution is -2.07. The first-order chi connectivity index (χ1) is 14.6. The first-order valence-electron chi connectivity index (χ1n) is 9.40. The fourth-order valence-electron chi connectivity index (χ4n) is 3.05. The number of aromatic nitrogens is 1. The lowest BCUT2D eigenvalue weighted by molar-refractivity contribution is -0.111. The Kier molecular flexibility index (Phi) is 7.05. The van der Waals surface area contributed by atoms with Crippen molar-refractivity contribution >= 4 is 17.7 Å². The van der Waals surface area contributed by atoms with Gasteiger partial charge in [-0.1, -0.05) is 12.1 Å². The molecule has 0 aliphatic heterocycles. The standard InChI is InChI=1S/C24H24N2O4/c1-28-21-10-6-19(23(29-2)24(21)30-3)7-11-22(27)26-20-8-4-17(5-9-20)16-18-12-14-25-15-13-18/h4-15H,16H2,1-3H3,(H,26,27)/b11-7+. The summed E-state index contributed by atoms with van der Waals surface area (Å²) in [5, 5.41) is 2.86. The molecule has 0 spiro atoms. The number of nitrogens with one attached hydrogen (secondary N) is 1. The highest BCUT2D eigenvalue weighted by atomic mass is 16.5. The summed E-state index contributed by atoms with van der Waals surface area (Å²) in [5.74, 6) is 1.30. The molecule has 0 aliphatic carbocycles. The molecule has 1 N–H and O–H groups in total. The molecular weight excluding hydrogens is 380 g/mol. The molecule has 0 fully saturated rings. The van der Waals surface area contributed by atoms with Crippen molar-refractivity contribution in [3.05, 3.63) is 83.7 Å². The van der Waals surface area contributed by atoms with Gasteiger partial charge >= 0.3 is 0 Å². The lowest BCUT2D eigenvalue weighted by atomic mass is 10.1. The quantitative estimate of drug-likeness (QED) is 0.565. The summed E-state index contributed by atoms with van der Waals surface area (Å²) in [7, 11) is 4.64. The Morgan fingerprint density at radius 3 is 2.17 bits per heavy atom. The zero-order valence-corrected chi connectivity index (χ0v) is 17.2. The van der Waals surface area contributed by atoms with Crippen LogP contribution in [0.25, 0.3) is 6.08 Å². The van der Waals surface area contributed by atoms with Crippen molar-refractivity contribution in [3.8, 4) is 17.2 Å². The van der Waals surface area contributed by atoms with E-state index in [2.05, 4.69) is 10.3 Å². The van der Waals surface area contributed by atoms with Crippen LogP contribution in [0.2, 0.25) is 0 Å². The number of amides is 1. The maximum Gasteiger partial charge on any atom is 0.248 e. The second-order valence-corrected chi connectivity index (χ2v) is 6.48. The van der Waals surface area contributed by atoms with Gasteiger partial charge in [0.25, 0.3) is 0 Å². The minimum absolute atomic E-state index is 0.242. The number of methoxy groups -OCH3 is 3. The minimum atomic E-state index is -0.242. The van der Waals surface area contributed by atoms with Crippen LogP contribution in [0, 0.1) is 0 Å².